The van der Waals surface area contributed by atoms with Crippen molar-refractivity contribution in [3.63, 3.8) is 0 Å². The summed E-state index contributed by atoms with van der Waals surface area (Å²) < 4.78 is 5.35. The molecule has 0 spiro atoms. The van der Waals surface area contributed by atoms with Crippen LogP contribution < -0.4 is 10.6 Å². The number of guanidine groups is 1. The smallest absolute Gasteiger partial charge is 0.191 e. The van der Waals surface area contributed by atoms with E-state index in [9.17, 15) is 5.11 Å². The van der Waals surface area contributed by atoms with Crippen molar-refractivity contribution in [1.29, 1.82) is 0 Å². The first-order chi connectivity index (χ1) is 10.4. The number of aliphatic imine (C=N–C) groups is 1. The number of aliphatic hydroxyl groups excluding tert-OH is 1. The van der Waals surface area contributed by atoms with Crippen molar-refractivity contribution < 1.29 is 9.84 Å². The van der Waals surface area contributed by atoms with E-state index in [4.69, 9.17) is 16.3 Å². The van der Waals surface area contributed by atoms with Crippen molar-refractivity contribution in [2.24, 2.45) is 4.99 Å². The molecule has 0 amide bonds. The molecule has 1 atom stereocenters. The highest BCUT2D eigenvalue weighted by molar-refractivity contribution is 6.31. The zero-order valence-electron chi connectivity index (χ0n) is 13.7. The van der Waals surface area contributed by atoms with Gasteiger partial charge in [-0.1, -0.05) is 29.8 Å². The number of aliphatic hydroxyl groups is 1. The van der Waals surface area contributed by atoms with Crippen LogP contribution in [0.15, 0.2) is 29.3 Å². The lowest BCUT2D eigenvalue weighted by Crippen LogP contribution is -2.40. The predicted octanol–water partition coefficient (Wildman–Crippen LogP) is 2.35. The minimum Gasteiger partial charge on any atom is -0.387 e. The number of benzene rings is 1. The summed E-state index contributed by atoms with van der Waals surface area (Å²) in [5.41, 5.74) is 0.369. The third kappa shape index (κ3) is 6.22. The number of nitrogens with zero attached hydrogens (tertiary/aromatic N) is 1. The van der Waals surface area contributed by atoms with Crippen LogP contribution in [0.25, 0.3) is 0 Å². The normalized spacial score (nSPS) is 13.8. The maximum absolute atomic E-state index is 10.2. The van der Waals surface area contributed by atoms with E-state index in [2.05, 4.69) is 15.6 Å². The Balaban J connectivity index is 2.64. The molecule has 0 saturated carbocycles. The Morgan fingerprint density at radius 1 is 1.36 bits per heavy atom. The molecular formula is C16H26ClN3O2. The van der Waals surface area contributed by atoms with Crippen molar-refractivity contribution in [2.45, 2.75) is 32.5 Å². The van der Waals surface area contributed by atoms with Crippen LogP contribution >= 0.6 is 11.6 Å². The minimum absolute atomic E-state index is 0.322. The molecule has 3 N–H and O–H groups in total. The molecule has 1 aromatic rings. The molecule has 0 aromatic heterocycles. The monoisotopic (exact) mass is 327 g/mol. The highest BCUT2D eigenvalue weighted by Gasteiger charge is 2.16. The van der Waals surface area contributed by atoms with Crippen LogP contribution in [0.2, 0.25) is 5.02 Å². The number of nitrogens with one attached hydrogen (secondary N) is 2. The molecular weight excluding hydrogens is 302 g/mol. The van der Waals surface area contributed by atoms with Gasteiger partial charge in [0.1, 0.15) is 0 Å². The molecule has 1 unspecified atom stereocenters. The average Bonchev–Trinajstić information content (AvgIpc) is 2.50. The van der Waals surface area contributed by atoms with E-state index in [0.717, 1.165) is 6.54 Å². The Labute approximate surface area is 137 Å². The number of methoxy groups -OCH3 is 1. The highest BCUT2D eigenvalue weighted by Crippen LogP contribution is 2.21. The second-order valence-corrected chi connectivity index (χ2v) is 5.98. The fourth-order valence-corrected chi connectivity index (χ4v) is 1.99. The second kappa shape index (κ2) is 8.98. The summed E-state index contributed by atoms with van der Waals surface area (Å²) in [6, 6.07) is 7.27. The van der Waals surface area contributed by atoms with Crippen LogP contribution in [0.1, 0.15) is 32.4 Å². The van der Waals surface area contributed by atoms with Gasteiger partial charge in [-0.05, 0) is 26.8 Å². The van der Waals surface area contributed by atoms with Gasteiger partial charge in [0.25, 0.3) is 0 Å². The molecule has 5 nitrogen and oxygen atoms in total. The maximum Gasteiger partial charge on any atom is 0.191 e. The topological polar surface area (TPSA) is 65.9 Å². The van der Waals surface area contributed by atoms with Gasteiger partial charge < -0.3 is 20.5 Å². The Bertz CT molecular complexity index is 492. The van der Waals surface area contributed by atoms with E-state index in [1.165, 1.54) is 0 Å². The highest BCUT2D eigenvalue weighted by atomic mass is 35.5. The summed E-state index contributed by atoms with van der Waals surface area (Å²) in [5, 5.41) is 17.1. The molecule has 0 aliphatic rings. The standard InChI is InChI=1S/C16H26ClN3O2/c1-5-18-15(20-11-16(2,3)22-4)19-10-14(21)12-8-6-7-9-13(12)17/h6-9,14,21H,5,10-11H2,1-4H3,(H2,18,19,20). The molecule has 124 valence electrons. The molecule has 0 saturated heterocycles. The first-order valence-electron chi connectivity index (χ1n) is 7.39. The van der Waals surface area contributed by atoms with Crippen LogP contribution in [0, 0.1) is 0 Å². The van der Waals surface area contributed by atoms with Gasteiger partial charge in [-0.15, -0.1) is 0 Å². The van der Waals surface area contributed by atoms with Gasteiger partial charge in [0.15, 0.2) is 5.96 Å². The van der Waals surface area contributed by atoms with E-state index in [-0.39, 0.29) is 5.60 Å². The molecule has 0 radical (unpaired) electrons. The number of hydrogen-bond donors (Lipinski definition) is 3. The van der Waals surface area contributed by atoms with Crippen molar-refractivity contribution in [2.75, 3.05) is 26.7 Å². The van der Waals surface area contributed by atoms with Gasteiger partial charge in [-0.25, -0.2) is 0 Å². The molecule has 22 heavy (non-hydrogen) atoms. The second-order valence-electron chi connectivity index (χ2n) is 5.58. The predicted molar refractivity (Wildman–Crippen MR) is 91.5 cm³/mol. The van der Waals surface area contributed by atoms with Gasteiger partial charge >= 0.3 is 0 Å². The van der Waals surface area contributed by atoms with Gasteiger partial charge in [0.2, 0.25) is 0 Å². The fraction of sp³-hybridized carbons (Fsp3) is 0.562. The third-order valence-electron chi connectivity index (χ3n) is 3.24. The van der Waals surface area contributed by atoms with Crippen LogP contribution in [0.3, 0.4) is 0 Å². The molecule has 1 aromatic carbocycles. The Kier molecular flexibility index (Phi) is 7.65. The van der Waals surface area contributed by atoms with Gasteiger partial charge in [0.05, 0.1) is 18.2 Å². The van der Waals surface area contributed by atoms with Crippen LogP contribution in [0.5, 0.6) is 0 Å². The lowest BCUT2D eigenvalue weighted by molar-refractivity contribution is 0.0310. The van der Waals surface area contributed by atoms with Gasteiger partial charge in [0, 0.05) is 30.8 Å². The van der Waals surface area contributed by atoms with Crippen LogP contribution in [0.4, 0.5) is 0 Å². The number of ether oxygens (including phenoxy) is 1. The summed E-state index contributed by atoms with van der Waals surface area (Å²) >= 11 is 6.09. The molecule has 0 bridgehead atoms. The lowest BCUT2D eigenvalue weighted by Gasteiger charge is -2.22. The zero-order chi connectivity index (χ0) is 16.6. The molecule has 0 fully saturated rings. The number of hydrogen-bond acceptors (Lipinski definition) is 3. The Morgan fingerprint density at radius 2 is 2.05 bits per heavy atom. The fourth-order valence-electron chi connectivity index (χ4n) is 1.72. The summed E-state index contributed by atoms with van der Waals surface area (Å²) in [7, 11) is 1.66. The lowest BCUT2D eigenvalue weighted by atomic mass is 10.1. The Morgan fingerprint density at radius 3 is 2.64 bits per heavy atom. The van der Waals surface area contributed by atoms with E-state index in [0.29, 0.717) is 29.6 Å². The van der Waals surface area contributed by atoms with Gasteiger partial charge in [-0.2, -0.15) is 0 Å². The SMILES string of the molecule is CCNC(=NCC(C)(C)OC)NCC(O)c1ccccc1Cl. The number of halogens is 1. The molecule has 0 aliphatic carbocycles. The number of rotatable bonds is 7. The maximum atomic E-state index is 10.2. The summed E-state index contributed by atoms with van der Waals surface area (Å²) in [4.78, 5) is 4.47. The summed E-state index contributed by atoms with van der Waals surface area (Å²) in [6.07, 6.45) is -0.701. The van der Waals surface area contributed by atoms with E-state index < -0.39 is 6.10 Å². The van der Waals surface area contributed by atoms with Crippen molar-refractivity contribution >= 4 is 17.6 Å². The van der Waals surface area contributed by atoms with Gasteiger partial charge in [-0.3, -0.25) is 4.99 Å². The zero-order valence-corrected chi connectivity index (χ0v) is 14.4. The summed E-state index contributed by atoms with van der Waals surface area (Å²) in [6.45, 7) is 7.51. The first-order valence-corrected chi connectivity index (χ1v) is 7.77. The largest absolute Gasteiger partial charge is 0.387 e. The molecule has 6 heteroatoms. The molecule has 0 heterocycles. The quantitative estimate of drug-likeness (QED) is 0.531. The van der Waals surface area contributed by atoms with E-state index in [1.54, 1.807) is 13.2 Å². The summed E-state index contributed by atoms with van der Waals surface area (Å²) in [5.74, 6) is 0.638. The molecule has 0 aliphatic heterocycles. The minimum atomic E-state index is -0.701. The van der Waals surface area contributed by atoms with Crippen molar-refractivity contribution in [1.82, 2.24) is 10.6 Å². The van der Waals surface area contributed by atoms with Crippen molar-refractivity contribution in [3.05, 3.63) is 34.9 Å². The average molecular weight is 328 g/mol. The molecule has 1 rings (SSSR count). The van der Waals surface area contributed by atoms with Crippen molar-refractivity contribution in [3.8, 4) is 0 Å². The Hall–Kier alpha value is -1.30. The van der Waals surface area contributed by atoms with E-state index >= 15 is 0 Å². The van der Waals surface area contributed by atoms with Crippen LogP contribution in [-0.2, 0) is 4.74 Å². The van der Waals surface area contributed by atoms with Crippen LogP contribution in [-0.4, -0.2) is 43.4 Å². The first kappa shape index (κ1) is 18.7. The third-order valence-corrected chi connectivity index (χ3v) is 3.59. The van der Waals surface area contributed by atoms with E-state index in [1.807, 2.05) is 39.0 Å².